The SMILES string of the molecule is O=C(/C=C/c1ccsc1)N(CCc1cccs1)Cc1ccoc1. The first kappa shape index (κ1) is 15.8. The fourth-order valence-electron chi connectivity index (χ4n) is 2.21. The lowest BCUT2D eigenvalue weighted by Gasteiger charge is -2.20. The van der Waals surface area contributed by atoms with Gasteiger partial charge in [0.25, 0.3) is 0 Å². The van der Waals surface area contributed by atoms with Gasteiger partial charge in [0, 0.05) is 29.6 Å². The zero-order chi connectivity index (χ0) is 15.9. The van der Waals surface area contributed by atoms with E-state index in [0.717, 1.165) is 17.5 Å². The van der Waals surface area contributed by atoms with Crippen LogP contribution in [0.1, 0.15) is 16.0 Å². The Morgan fingerprint density at radius 3 is 2.91 bits per heavy atom. The Bertz CT molecular complexity index is 728. The van der Waals surface area contributed by atoms with Gasteiger partial charge in [-0.15, -0.1) is 11.3 Å². The standard InChI is InChI=1S/C18H17NO2S2/c20-18(4-3-15-7-11-22-14-15)19(12-16-6-9-21-13-16)8-5-17-2-1-10-23-17/h1-4,6-7,9-11,13-14H,5,8,12H2/b4-3+. The van der Waals surface area contributed by atoms with Crippen LogP contribution in [0.25, 0.3) is 6.08 Å². The molecular weight excluding hydrogens is 326 g/mol. The van der Waals surface area contributed by atoms with Crippen LogP contribution in [0.4, 0.5) is 0 Å². The van der Waals surface area contributed by atoms with Gasteiger partial charge in [-0.1, -0.05) is 6.07 Å². The van der Waals surface area contributed by atoms with Gasteiger partial charge in [0.05, 0.1) is 12.5 Å². The van der Waals surface area contributed by atoms with Crippen LogP contribution in [0.5, 0.6) is 0 Å². The second-order valence-electron chi connectivity index (χ2n) is 5.11. The molecule has 0 spiro atoms. The molecule has 3 aromatic rings. The third kappa shape index (κ3) is 4.68. The fourth-order valence-corrected chi connectivity index (χ4v) is 3.54. The highest BCUT2D eigenvalue weighted by Crippen LogP contribution is 2.13. The molecule has 3 nitrogen and oxygen atoms in total. The summed E-state index contributed by atoms with van der Waals surface area (Å²) in [6, 6.07) is 8.04. The summed E-state index contributed by atoms with van der Waals surface area (Å²) in [5.41, 5.74) is 2.07. The molecule has 118 valence electrons. The van der Waals surface area contributed by atoms with Gasteiger partial charge in [-0.05, 0) is 52.4 Å². The van der Waals surface area contributed by atoms with Crippen LogP contribution in [0.15, 0.2) is 63.4 Å². The Balaban J connectivity index is 1.66. The average molecular weight is 343 g/mol. The van der Waals surface area contributed by atoms with Gasteiger partial charge in [-0.3, -0.25) is 4.79 Å². The van der Waals surface area contributed by atoms with E-state index in [1.165, 1.54) is 4.88 Å². The predicted octanol–water partition coefficient (Wildman–Crippen LogP) is 4.69. The minimum absolute atomic E-state index is 0.0222. The smallest absolute Gasteiger partial charge is 0.246 e. The van der Waals surface area contributed by atoms with Crippen molar-refractivity contribution in [2.45, 2.75) is 13.0 Å². The maximum Gasteiger partial charge on any atom is 0.246 e. The van der Waals surface area contributed by atoms with Crippen molar-refractivity contribution in [1.29, 1.82) is 0 Å². The maximum atomic E-state index is 12.5. The zero-order valence-corrected chi connectivity index (χ0v) is 14.2. The lowest BCUT2D eigenvalue weighted by Crippen LogP contribution is -2.30. The van der Waals surface area contributed by atoms with Gasteiger partial charge in [0.1, 0.15) is 0 Å². The molecule has 0 aromatic carbocycles. The van der Waals surface area contributed by atoms with E-state index in [2.05, 4.69) is 11.4 Å². The van der Waals surface area contributed by atoms with Crippen molar-refractivity contribution in [2.75, 3.05) is 6.54 Å². The number of carbonyl (C=O) groups excluding carboxylic acids is 1. The Kier molecular flexibility index (Phi) is 5.45. The highest BCUT2D eigenvalue weighted by atomic mass is 32.1. The molecule has 23 heavy (non-hydrogen) atoms. The molecule has 0 bridgehead atoms. The van der Waals surface area contributed by atoms with E-state index >= 15 is 0 Å². The third-order valence-electron chi connectivity index (χ3n) is 3.43. The Morgan fingerprint density at radius 2 is 2.22 bits per heavy atom. The molecule has 3 heterocycles. The van der Waals surface area contributed by atoms with Crippen LogP contribution in [0.2, 0.25) is 0 Å². The molecular formula is C18H17NO2S2. The predicted molar refractivity (Wildman–Crippen MR) is 95.5 cm³/mol. The molecule has 0 atom stereocenters. The van der Waals surface area contributed by atoms with Crippen molar-refractivity contribution < 1.29 is 9.21 Å². The highest BCUT2D eigenvalue weighted by molar-refractivity contribution is 7.09. The number of thiophene rings is 2. The van der Waals surface area contributed by atoms with Gasteiger partial charge in [0.15, 0.2) is 0 Å². The Morgan fingerprint density at radius 1 is 1.26 bits per heavy atom. The second kappa shape index (κ2) is 7.94. The summed E-state index contributed by atoms with van der Waals surface area (Å²) in [6.45, 7) is 1.26. The number of furan rings is 1. The minimum Gasteiger partial charge on any atom is -0.472 e. The van der Waals surface area contributed by atoms with E-state index in [0.29, 0.717) is 13.1 Å². The van der Waals surface area contributed by atoms with Crippen molar-refractivity contribution in [3.05, 3.63) is 75.0 Å². The number of rotatable bonds is 7. The lowest BCUT2D eigenvalue weighted by molar-refractivity contribution is -0.126. The number of carbonyl (C=O) groups is 1. The molecule has 0 saturated carbocycles. The van der Waals surface area contributed by atoms with E-state index in [9.17, 15) is 4.79 Å². The van der Waals surface area contributed by atoms with E-state index in [4.69, 9.17) is 4.42 Å². The molecule has 3 aromatic heterocycles. The van der Waals surface area contributed by atoms with Crippen molar-refractivity contribution in [1.82, 2.24) is 4.90 Å². The largest absolute Gasteiger partial charge is 0.472 e. The molecule has 0 radical (unpaired) electrons. The van der Waals surface area contributed by atoms with Crippen LogP contribution >= 0.6 is 22.7 Å². The summed E-state index contributed by atoms with van der Waals surface area (Å²) in [7, 11) is 0. The van der Waals surface area contributed by atoms with Crippen molar-refractivity contribution in [3.63, 3.8) is 0 Å². The second-order valence-corrected chi connectivity index (χ2v) is 6.92. The summed E-state index contributed by atoms with van der Waals surface area (Å²) in [4.78, 5) is 15.7. The summed E-state index contributed by atoms with van der Waals surface area (Å²) in [5.74, 6) is 0.0222. The molecule has 5 heteroatoms. The molecule has 0 unspecified atom stereocenters. The Labute approximate surface area is 143 Å². The topological polar surface area (TPSA) is 33.5 Å². The molecule has 0 N–H and O–H groups in total. The normalized spacial score (nSPS) is 11.1. The third-order valence-corrected chi connectivity index (χ3v) is 5.07. The first-order valence-electron chi connectivity index (χ1n) is 7.34. The molecule has 0 saturated heterocycles. The van der Waals surface area contributed by atoms with E-state index < -0.39 is 0 Å². The minimum atomic E-state index is 0.0222. The van der Waals surface area contributed by atoms with Crippen LogP contribution in [0, 0.1) is 0 Å². The van der Waals surface area contributed by atoms with Crippen molar-refractivity contribution in [2.24, 2.45) is 0 Å². The first-order valence-corrected chi connectivity index (χ1v) is 9.16. The lowest BCUT2D eigenvalue weighted by atomic mass is 10.2. The number of amides is 1. The molecule has 3 rings (SSSR count). The Hall–Kier alpha value is -2.11. The molecule has 0 aliphatic rings. The van der Waals surface area contributed by atoms with Gasteiger partial charge in [-0.25, -0.2) is 0 Å². The monoisotopic (exact) mass is 343 g/mol. The summed E-state index contributed by atoms with van der Waals surface area (Å²) in [5, 5.41) is 6.09. The first-order chi connectivity index (χ1) is 11.3. The van der Waals surface area contributed by atoms with Crippen LogP contribution in [-0.2, 0) is 17.8 Å². The molecule has 0 aliphatic heterocycles. The fraction of sp³-hybridized carbons (Fsp3) is 0.167. The summed E-state index contributed by atoms with van der Waals surface area (Å²) < 4.78 is 5.11. The van der Waals surface area contributed by atoms with Gasteiger partial charge in [0.2, 0.25) is 5.91 Å². The van der Waals surface area contributed by atoms with E-state index in [-0.39, 0.29) is 5.91 Å². The van der Waals surface area contributed by atoms with Crippen LogP contribution in [0.3, 0.4) is 0 Å². The van der Waals surface area contributed by atoms with Gasteiger partial charge in [-0.2, -0.15) is 11.3 Å². The number of hydrogen-bond acceptors (Lipinski definition) is 4. The summed E-state index contributed by atoms with van der Waals surface area (Å²) >= 11 is 3.35. The van der Waals surface area contributed by atoms with Crippen molar-refractivity contribution in [3.8, 4) is 0 Å². The number of nitrogens with zero attached hydrogens (tertiary/aromatic N) is 1. The average Bonchev–Trinajstić information content (AvgIpc) is 3.32. The van der Waals surface area contributed by atoms with Crippen LogP contribution in [-0.4, -0.2) is 17.4 Å². The van der Waals surface area contributed by atoms with E-state index in [1.54, 1.807) is 41.3 Å². The van der Waals surface area contributed by atoms with E-state index in [1.807, 2.05) is 39.9 Å². The van der Waals surface area contributed by atoms with Crippen LogP contribution < -0.4 is 0 Å². The molecule has 1 amide bonds. The summed E-state index contributed by atoms with van der Waals surface area (Å²) in [6.07, 6.45) is 7.71. The maximum absolute atomic E-state index is 12.5. The van der Waals surface area contributed by atoms with Crippen molar-refractivity contribution >= 4 is 34.7 Å². The van der Waals surface area contributed by atoms with Gasteiger partial charge < -0.3 is 9.32 Å². The highest BCUT2D eigenvalue weighted by Gasteiger charge is 2.12. The van der Waals surface area contributed by atoms with Gasteiger partial charge >= 0.3 is 0 Å². The quantitative estimate of drug-likeness (QED) is 0.583. The zero-order valence-electron chi connectivity index (χ0n) is 12.6. The molecule has 0 fully saturated rings. The molecule has 0 aliphatic carbocycles. The number of hydrogen-bond donors (Lipinski definition) is 0.